The van der Waals surface area contributed by atoms with Gasteiger partial charge >= 0.3 is 0 Å². The third-order valence-corrected chi connectivity index (χ3v) is 2.96. The first-order valence-electron chi connectivity index (χ1n) is 5.51. The van der Waals surface area contributed by atoms with E-state index in [9.17, 15) is 0 Å². The maximum atomic E-state index is 5.67. The molecule has 0 aliphatic rings. The summed E-state index contributed by atoms with van der Waals surface area (Å²) in [5.41, 5.74) is 2.04. The fourth-order valence-corrected chi connectivity index (χ4v) is 1.94. The van der Waals surface area contributed by atoms with E-state index in [-0.39, 0.29) is 0 Å². The molecule has 1 N–H and O–H groups in total. The summed E-state index contributed by atoms with van der Waals surface area (Å²) >= 11 is 1.76. The molecule has 0 radical (unpaired) electrons. The van der Waals surface area contributed by atoms with Gasteiger partial charge in [-0.15, -0.1) is 0 Å². The molecule has 17 heavy (non-hydrogen) atoms. The first-order chi connectivity index (χ1) is 8.28. The Kier molecular flexibility index (Phi) is 4.09. The van der Waals surface area contributed by atoms with Gasteiger partial charge < -0.3 is 9.73 Å². The third-order valence-electron chi connectivity index (χ3n) is 2.38. The lowest BCUT2D eigenvalue weighted by molar-refractivity contribution is 0.487. The van der Waals surface area contributed by atoms with Crippen molar-refractivity contribution in [2.24, 2.45) is 0 Å². The molecule has 2 aromatic heterocycles. The summed E-state index contributed by atoms with van der Waals surface area (Å²) in [6.45, 7) is 2.67. The standard InChI is InChI=1S/C13H16N2OS/c1-10-3-4-11(7-14-10)15-8-12-5-6-13(16-12)9-17-2/h3-7,15H,8-9H2,1-2H3. The van der Waals surface area contributed by atoms with E-state index in [0.29, 0.717) is 6.54 Å². The number of aromatic nitrogens is 1. The van der Waals surface area contributed by atoms with Crippen molar-refractivity contribution in [3.8, 4) is 0 Å². The van der Waals surface area contributed by atoms with E-state index in [0.717, 1.165) is 28.7 Å². The van der Waals surface area contributed by atoms with Crippen LogP contribution in [-0.2, 0) is 12.3 Å². The molecule has 0 aliphatic carbocycles. The normalized spacial score (nSPS) is 10.5. The number of thioether (sulfide) groups is 1. The highest BCUT2D eigenvalue weighted by Crippen LogP contribution is 2.15. The zero-order valence-electron chi connectivity index (χ0n) is 10.1. The van der Waals surface area contributed by atoms with Gasteiger partial charge in [0.05, 0.1) is 24.2 Å². The minimum atomic E-state index is 0.694. The Morgan fingerprint density at radius 3 is 2.76 bits per heavy atom. The molecule has 0 saturated heterocycles. The van der Waals surface area contributed by atoms with E-state index in [2.05, 4.69) is 16.6 Å². The van der Waals surface area contributed by atoms with Gasteiger partial charge in [0.25, 0.3) is 0 Å². The summed E-state index contributed by atoms with van der Waals surface area (Å²) in [7, 11) is 0. The molecule has 0 fully saturated rings. The summed E-state index contributed by atoms with van der Waals surface area (Å²) in [4.78, 5) is 4.23. The summed E-state index contributed by atoms with van der Waals surface area (Å²) in [5.74, 6) is 2.90. The number of anilines is 1. The monoisotopic (exact) mass is 248 g/mol. The molecule has 3 nitrogen and oxygen atoms in total. The van der Waals surface area contributed by atoms with E-state index >= 15 is 0 Å². The highest BCUT2D eigenvalue weighted by molar-refractivity contribution is 7.97. The second-order valence-corrected chi connectivity index (χ2v) is 4.71. The smallest absolute Gasteiger partial charge is 0.123 e. The molecule has 0 amide bonds. The lowest BCUT2D eigenvalue weighted by Gasteiger charge is -2.03. The summed E-state index contributed by atoms with van der Waals surface area (Å²) in [6, 6.07) is 8.05. The van der Waals surface area contributed by atoms with Gasteiger partial charge in [-0.1, -0.05) is 0 Å². The van der Waals surface area contributed by atoms with E-state index in [1.807, 2.05) is 37.4 Å². The molecule has 0 atom stereocenters. The number of aryl methyl sites for hydroxylation is 1. The number of nitrogens with one attached hydrogen (secondary N) is 1. The first kappa shape index (κ1) is 12.0. The summed E-state index contributed by atoms with van der Waals surface area (Å²) in [6.07, 6.45) is 3.90. The van der Waals surface area contributed by atoms with Crippen LogP contribution < -0.4 is 5.32 Å². The van der Waals surface area contributed by atoms with Gasteiger partial charge in [0, 0.05) is 5.69 Å². The van der Waals surface area contributed by atoms with Gasteiger partial charge in [0.15, 0.2) is 0 Å². The average molecular weight is 248 g/mol. The highest BCUT2D eigenvalue weighted by Gasteiger charge is 2.01. The predicted octanol–water partition coefficient (Wildman–Crippen LogP) is 3.46. The zero-order chi connectivity index (χ0) is 12.1. The third kappa shape index (κ3) is 3.53. The number of nitrogens with zero attached hydrogens (tertiary/aromatic N) is 1. The number of rotatable bonds is 5. The Balaban J connectivity index is 1.90. The van der Waals surface area contributed by atoms with Crippen LogP contribution >= 0.6 is 11.8 Å². The first-order valence-corrected chi connectivity index (χ1v) is 6.90. The van der Waals surface area contributed by atoms with E-state index in [1.54, 1.807) is 11.8 Å². The molecule has 0 bridgehead atoms. The van der Waals surface area contributed by atoms with Crippen molar-refractivity contribution >= 4 is 17.4 Å². The molecule has 0 saturated carbocycles. The lowest BCUT2D eigenvalue weighted by Crippen LogP contribution is -1.98. The SMILES string of the molecule is CSCc1ccc(CNc2ccc(C)nc2)o1. The molecule has 0 aliphatic heterocycles. The van der Waals surface area contributed by atoms with Crippen LogP contribution in [0.1, 0.15) is 17.2 Å². The fourth-order valence-electron chi connectivity index (χ4n) is 1.50. The molecule has 0 unspecified atom stereocenters. The quantitative estimate of drug-likeness (QED) is 0.879. The van der Waals surface area contributed by atoms with Crippen molar-refractivity contribution in [2.45, 2.75) is 19.2 Å². The number of hydrogen-bond acceptors (Lipinski definition) is 4. The molecule has 0 spiro atoms. The van der Waals surface area contributed by atoms with Gasteiger partial charge in [0.1, 0.15) is 11.5 Å². The Hall–Kier alpha value is -1.42. The van der Waals surface area contributed by atoms with Gasteiger partial charge in [-0.05, 0) is 37.4 Å². The van der Waals surface area contributed by atoms with Crippen molar-refractivity contribution in [1.29, 1.82) is 0 Å². The summed E-state index contributed by atoms with van der Waals surface area (Å²) < 4.78 is 5.67. The maximum Gasteiger partial charge on any atom is 0.123 e. The van der Waals surface area contributed by atoms with Crippen LogP contribution in [0.25, 0.3) is 0 Å². The minimum absolute atomic E-state index is 0.694. The Labute approximate surface area is 106 Å². The van der Waals surface area contributed by atoms with Crippen molar-refractivity contribution in [3.63, 3.8) is 0 Å². The van der Waals surface area contributed by atoms with Crippen LogP contribution in [-0.4, -0.2) is 11.2 Å². The van der Waals surface area contributed by atoms with Crippen molar-refractivity contribution in [2.75, 3.05) is 11.6 Å². The van der Waals surface area contributed by atoms with Crippen molar-refractivity contribution < 1.29 is 4.42 Å². The molecule has 0 aromatic carbocycles. The zero-order valence-corrected chi connectivity index (χ0v) is 10.9. The van der Waals surface area contributed by atoms with E-state index < -0.39 is 0 Å². The highest BCUT2D eigenvalue weighted by atomic mass is 32.2. The average Bonchev–Trinajstić information content (AvgIpc) is 2.77. The van der Waals surface area contributed by atoms with Crippen LogP contribution in [0.15, 0.2) is 34.9 Å². The predicted molar refractivity (Wildman–Crippen MR) is 72.2 cm³/mol. The molecule has 2 aromatic rings. The molecule has 4 heteroatoms. The van der Waals surface area contributed by atoms with Gasteiger partial charge in [0.2, 0.25) is 0 Å². The molecule has 2 rings (SSSR count). The second kappa shape index (κ2) is 5.77. The number of furan rings is 1. The van der Waals surface area contributed by atoms with Gasteiger partial charge in [-0.2, -0.15) is 11.8 Å². The van der Waals surface area contributed by atoms with Crippen molar-refractivity contribution in [3.05, 3.63) is 47.7 Å². The fraction of sp³-hybridized carbons (Fsp3) is 0.308. The van der Waals surface area contributed by atoms with Crippen LogP contribution in [0, 0.1) is 6.92 Å². The van der Waals surface area contributed by atoms with Crippen LogP contribution in [0.2, 0.25) is 0 Å². The van der Waals surface area contributed by atoms with Gasteiger partial charge in [-0.3, -0.25) is 4.98 Å². The number of hydrogen-bond donors (Lipinski definition) is 1. The molecular weight excluding hydrogens is 232 g/mol. The van der Waals surface area contributed by atoms with E-state index in [1.165, 1.54) is 0 Å². The van der Waals surface area contributed by atoms with Crippen LogP contribution in [0.4, 0.5) is 5.69 Å². The summed E-state index contributed by atoms with van der Waals surface area (Å²) in [5, 5.41) is 3.28. The maximum absolute atomic E-state index is 5.67. The van der Waals surface area contributed by atoms with Gasteiger partial charge in [-0.25, -0.2) is 0 Å². The molecule has 2 heterocycles. The Bertz CT molecular complexity index is 465. The lowest BCUT2D eigenvalue weighted by atomic mass is 10.3. The van der Waals surface area contributed by atoms with Crippen LogP contribution in [0.5, 0.6) is 0 Å². The largest absolute Gasteiger partial charge is 0.463 e. The molecular formula is C13H16N2OS. The van der Waals surface area contributed by atoms with Crippen molar-refractivity contribution in [1.82, 2.24) is 4.98 Å². The topological polar surface area (TPSA) is 38.1 Å². The van der Waals surface area contributed by atoms with E-state index in [4.69, 9.17) is 4.42 Å². The Morgan fingerprint density at radius 2 is 2.06 bits per heavy atom. The minimum Gasteiger partial charge on any atom is -0.463 e. The van der Waals surface area contributed by atoms with Crippen LogP contribution in [0.3, 0.4) is 0 Å². The molecule has 90 valence electrons. The Morgan fingerprint density at radius 1 is 1.24 bits per heavy atom. The second-order valence-electron chi connectivity index (χ2n) is 3.84. The number of pyridine rings is 1.